The van der Waals surface area contributed by atoms with E-state index in [0.29, 0.717) is 11.1 Å². The number of thiophene rings is 2. The van der Waals surface area contributed by atoms with Crippen molar-refractivity contribution in [2.45, 2.75) is 103 Å². The van der Waals surface area contributed by atoms with Gasteiger partial charge in [0.25, 0.3) is 0 Å². The minimum Gasteiger partial charge on any atom is -0.255 e. The van der Waals surface area contributed by atoms with Gasteiger partial charge in [-0.3, -0.25) is 19.9 Å². The van der Waals surface area contributed by atoms with Crippen LogP contribution in [0.2, 0.25) is 11.1 Å². The zero-order valence-electron chi connectivity index (χ0n) is 43.5. The highest BCUT2D eigenvalue weighted by atomic mass is 32.1. The van der Waals surface area contributed by atoms with Crippen molar-refractivity contribution in [2.75, 3.05) is 0 Å². The van der Waals surface area contributed by atoms with Crippen molar-refractivity contribution in [1.29, 1.82) is 0 Å². The van der Waals surface area contributed by atoms with E-state index in [4.69, 9.17) is 19.9 Å². The Labute approximate surface area is 452 Å². The summed E-state index contributed by atoms with van der Waals surface area (Å²) in [6.07, 6.45) is 20.2. The van der Waals surface area contributed by atoms with Crippen molar-refractivity contribution in [1.82, 2.24) is 29.9 Å². The number of unbranched alkanes of at least 4 members (excludes halogenated alkanes) is 4. The van der Waals surface area contributed by atoms with E-state index in [-0.39, 0.29) is 0 Å². The molecule has 0 spiro atoms. The molecule has 374 valence electrons. The molecule has 0 N–H and O–H groups in total. The molecule has 0 bridgehead atoms. The topological polar surface area (TPSA) is 77.3 Å². The summed E-state index contributed by atoms with van der Waals surface area (Å²) in [4.78, 5) is 34.4. The van der Waals surface area contributed by atoms with Crippen LogP contribution in [-0.2, 0) is 0 Å². The summed E-state index contributed by atoms with van der Waals surface area (Å²) in [6, 6.07) is 56.5. The van der Waals surface area contributed by atoms with Crippen LogP contribution in [0.25, 0.3) is 98.4 Å². The largest absolute Gasteiger partial charge is 0.255 e. The van der Waals surface area contributed by atoms with Crippen LogP contribution in [-0.4, -0.2) is 38.0 Å². The van der Waals surface area contributed by atoms with Crippen LogP contribution in [0.1, 0.15) is 91.9 Å². The van der Waals surface area contributed by atoms with Gasteiger partial charge in [0, 0.05) is 44.3 Å². The SMILES string of the molecule is CCCCCC(CC)[Si]1(C(CC)CCCCC)c2cc(-c3ccc(-c4ccnc(-c5cccc(-c6ccccn6)n5)c4)cc3)sc2-c2sc(-c3ccc(-c4ccnc(-c5cccc(-c6ccccn6)n5)c4)cc3)cc21. The number of benzene rings is 2. The summed E-state index contributed by atoms with van der Waals surface area (Å²) in [7, 11) is -2.33. The lowest BCUT2D eigenvalue weighted by Gasteiger charge is -2.43. The first-order chi connectivity index (χ1) is 37.0. The summed E-state index contributed by atoms with van der Waals surface area (Å²) in [5.74, 6) is 0. The molecular formula is C66H64N6S2Si. The van der Waals surface area contributed by atoms with E-state index in [9.17, 15) is 0 Å². The number of aromatic nitrogens is 6. The third-order valence-electron chi connectivity index (χ3n) is 15.6. The molecule has 8 aromatic heterocycles. The fraction of sp³-hybridized carbons (Fsp3) is 0.242. The van der Waals surface area contributed by atoms with Crippen molar-refractivity contribution in [2.24, 2.45) is 0 Å². The van der Waals surface area contributed by atoms with E-state index in [2.05, 4.69) is 123 Å². The van der Waals surface area contributed by atoms with Gasteiger partial charge in [-0.2, -0.15) is 0 Å². The van der Waals surface area contributed by atoms with Gasteiger partial charge in [0.15, 0.2) is 0 Å². The van der Waals surface area contributed by atoms with Gasteiger partial charge >= 0.3 is 0 Å². The summed E-state index contributed by atoms with van der Waals surface area (Å²) in [5.41, 5.74) is 15.3. The lowest BCUT2D eigenvalue weighted by atomic mass is 10.0. The van der Waals surface area contributed by atoms with Gasteiger partial charge in [0.2, 0.25) is 0 Å². The van der Waals surface area contributed by atoms with Crippen LogP contribution in [0, 0.1) is 0 Å². The minimum atomic E-state index is -2.33. The Hall–Kier alpha value is -7.04. The Morgan fingerprint density at radius 2 is 0.747 bits per heavy atom. The molecule has 75 heavy (non-hydrogen) atoms. The Balaban J connectivity index is 0.941. The molecule has 0 amide bonds. The first-order valence-corrected chi connectivity index (χ1v) is 31.0. The highest BCUT2D eigenvalue weighted by Gasteiger charge is 2.56. The molecule has 10 aromatic rings. The van der Waals surface area contributed by atoms with Crippen LogP contribution in [0.15, 0.2) is 183 Å². The molecule has 2 aromatic carbocycles. The van der Waals surface area contributed by atoms with Crippen molar-refractivity contribution < 1.29 is 0 Å². The van der Waals surface area contributed by atoms with Crippen LogP contribution in [0.4, 0.5) is 0 Å². The fourth-order valence-electron chi connectivity index (χ4n) is 11.8. The number of rotatable bonds is 20. The van der Waals surface area contributed by atoms with Crippen LogP contribution in [0.5, 0.6) is 0 Å². The quantitative estimate of drug-likeness (QED) is 0.0559. The zero-order chi connectivity index (χ0) is 51.1. The predicted molar refractivity (Wildman–Crippen MR) is 319 cm³/mol. The van der Waals surface area contributed by atoms with Gasteiger partial charge in [-0.15, -0.1) is 22.7 Å². The van der Waals surface area contributed by atoms with Crippen molar-refractivity contribution in [3.05, 3.63) is 183 Å². The number of hydrogen-bond donors (Lipinski definition) is 0. The standard InChI is InChI=1S/C66H64N6S2Si/c1-5-9-11-19-51(7-3)75(52(8-4)20-12-10-6-2)63-43-61(47-31-27-45(28-32-47)49-35-39-69-59(41-49)57-25-17-23-55(71-57)53-21-13-15-37-67-53)73-65(63)66-64(75)44-62(74-66)48-33-29-46(30-34-48)50-36-40-70-60(42-50)58-26-18-24-56(72-58)54-22-14-16-38-68-54/h13-18,21-44,51-52H,5-12,19-20H2,1-4H3. The average Bonchev–Trinajstić information content (AvgIpc) is 4.19. The van der Waals surface area contributed by atoms with Crippen LogP contribution < -0.4 is 10.4 Å². The lowest BCUT2D eigenvalue weighted by Crippen LogP contribution is -2.61. The molecule has 2 atom stereocenters. The monoisotopic (exact) mass is 1030 g/mol. The average molecular weight is 1030 g/mol. The summed E-state index contributed by atoms with van der Waals surface area (Å²) < 4.78 is 0. The van der Waals surface area contributed by atoms with Gasteiger partial charge in [-0.05, 0) is 140 Å². The molecule has 0 saturated carbocycles. The normalized spacial score (nSPS) is 13.3. The smallest absolute Gasteiger partial charge is 0.128 e. The maximum Gasteiger partial charge on any atom is 0.128 e. The molecule has 9 heteroatoms. The first kappa shape index (κ1) is 50.1. The van der Waals surface area contributed by atoms with E-state index in [1.54, 1.807) is 20.1 Å². The zero-order valence-corrected chi connectivity index (χ0v) is 46.2. The van der Waals surface area contributed by atoms with E-state index >= 15 is 0 Å². The van der Waals surface area contributed by atoms with Crippen molar-refractivity contribution in [3.8, 4) is 98.4 Å². The Bertz CT molecular complexity index is 3280. The number of pyridine rings is 6. The third-order valence-corrected chi connectivity index (χ3v) is 25.0. The molecule has 9 heterocycles. The second-order valence-electron chi connectivity index (χ2n) is 20.0. The molecule has 0 saturated heterocycles. The second-order valence-corrected chi connectivity index (χ2v) is 26.6. The summed E-state index contributed by atoms with van der Waals surface area (Å²) >= 11 is 4.10. The van der Waals surface area contributed by atoms with E-state index < -0.39 is 8.07 Å². The van der Waals surface area contributed by atoms with Crippen molar-refractivity contribution >= 4 is 41.1 Å². The van der Waals surface area contributed by atoms with E-state index in [1.165, 1.54) is 96.2 Å². The number of fused-ring (bicyclic) bond motifs is 3. The fourth-order valence-corrected chi connectivity index (χ4v) is 22.9. The maximum atomic E-state index is 4.96. The summed E-state index contributed by atoms with van der Waals surface area (Å²) in [5, 5.41) is 3.46. The molecule has 0 fully saturated rings. The van der Waals surface area contributed by atoms with Crippen LogP contribution in [0.3, 0.4) is 0 Å². The Kier molecular flexibility index (Phi) is 15.3. The molecule has 0 radical (unpaired) electrons. The number of hydrogen-bond acceptors (Lipinski definition) is 8. The lowest BCUT2D eigenvalue weighted by molar-refractivity contribution is 0.574. The number of nitrogens with zero attached hydrogens (tertiary/aromatic N) is 6. The molecule has 0 aliphatic carbocycles. The van der Waals surface area contributed by atoms with Gasteiger partial charge < -0.3 is 0 Å². The van der Waals surface area contributed by atoms with Gasteiger partial charge in [-0.1, -0.05) is 165 Å². The second kappa shape index (κ2) is 22.8. The van der Waals surface area contributed by atoms with Gasteiger partial charge in [0.1, 0.15) is 8.07 Å². The Morgan fingerprint density at radius 3 is 1.13 bits per heavy atom. The van der Waals surface area contributed by atoms with Crippen LogP contribution >= 0.6 is 22.7 Å². The highest BCUT2D eigenvalue weighted by molar-refractivity contribution is 7.32. The molecule has 2 unspecified atom stereocenters. The summed E-state index contributed by atoms with van der Waals surface area (Å²) in [6.45, 7) is 9.73. The minimum absolute atomic E-state index is 0.685. The predicted octanol–water partition coefficient (Wildman–Crippen LogP) is 17.8. The molecule has 1 aliphatic rings. The first-order valence-electron chi connectivity index (χ1n) is 27.2. The van der Waals surface area contributed by atoms with E-state index in [0.717, 1.165) is 56.7 Å². The molecule has 6 nitrogen and oxygen atoms in total. The molecule has 1 aliphatic heterocycles. The molecular weight excluding hydrogens is 969 g/mol. The molecule has 11 rings (SSSR count). The maximum absolute atomic E-state index is 4.96. The third kappa shape index (κ3) is 10.1. The van der Waals surface area contributed by atoms with E-state index in [1.807, 2.05) is 120 Å². The Morgan fingerprint density at radius 1 is 0.360 bits per heavy atom. The highest BCUT2D eigenvalue weighted by Crippen LogP contribution is 2.54. The van der Waals surface area contributed by atoms with Gasteiger partial charge in [-0.25, -0.2) is 9.97 Å². The van der Waals surface area contributed by atoms with Gasteiger partial charge in [0.05, 0.1) is 45.6 Å². The van der Waals surface area contributed by atoms with Crippen molar-refractivity contribution in [3.63, 3.8) is 0 Å².